The molecule has 3 N–H and O–H groups in total. The van der Waals surface area contributed by atoms with Gasteiger partial charge in [-0.05, 0) is 12.1 Å². The molecule has 0 fully saturated rings. The molecule has 0 saturated heterocycles. The molecular formula is C9H10F3NO2. The number of ether oxygens (including phenoxy) is 1. The number of hydrogen-bond donors (Lipinski definition) is 2. The van der Waals surface area contributed by atoms with Gasteiger partial charge in [0.1, 0.15) is 0 Å². The molecule has 0 aromatic heterocycles. The third kappa shape index (κ3) is 2.15. The number of nitrogens with two attached hydrogens (primary N) is 1. The van der Waals surface area contributed by atoms with Gasteiger partial charge in [-0.3, -0.25) is 0 Å². The molecule has 0 unspecified atom stereocenters. The number of phenols is 1. The van der Waals surface area contributed by atoms with Crippen molar-refractivity contribution in [2.24, 2.45) is 5.73 Å². The fourth-order valence-corrected chi connectivity index (χ4v) is 1.25. The monoisotopic (exact) mass is 221 g/mol. The second-order valence-corrected chi connectivity index (χ2v) is 2.84. The first-order valence-corrected chi connectivity index (χ1v) is 4.08. The summed E-state index contributed by atoms with van der Waals surface area (Å²) >= 11 is 0. The zero-order valence-electron chi connectivity index (χ0n) is 7.93. The van der Waals surface area contributed by atoms with Crippen LogP contribution in [0.4, 0.5) is 13.2 Å². The zero-order valence-corrected chi connectivity index (χ0v) is 7.93. The lowest BCUT2D eigenvalue weighted by Crippen LogP contribution is -2.12. The van der Waals surface area contributed by atoms with Gasteiger partial charge in [-0.15, -0.1) is 0 Å². The Kier molecular flexibility index (Phi) is 3.09. The number of aromatic hydroxyl groups is 1. The number of halogens is 3. The lowest BCUT2D eigenvalue weighted by Gasteiger charge is -2.14. The fourth-order valence-electron chi connectivity index (χ4n) is 1.25. The molecule has 0 bridgehead atoms. The molecule has 0 radical (unpaired) electrons. The Labute approximate surface area is 84.3 Å². The van der Waals surface area contributed by atoms with Gasteiger partial charge in [0.2, 0.25) is 0 Å². The summed E-state index contributed by atoms with van der Waals surface area (Å²) in [7, 11) is 1.25. The van der Waals surface area contributed by atoms with E-state index in [1.807, 2.05) is 0 Å². The van der Waals surface area contributed by atoms with Gasteiger partial charge in [0.05, 0.1) is 12.7 Å². The molecule has 1 aromatic rings. The number of hydrogen-bond acceptors (Lipinski definition) is 3. The number of alkyl halides is 3. The predicted molar refractivity (Wildman–Crippen MR) is 47.6 cm³/mol. The normalized spacial score (nSPS) is 11.5. The molecule has 15 heavy (non-hydrogen) atoms. The van der Waals surface area contributed by atoms with E-state index in [2.05, 4.69) is 4.74 Å². The van der Waals surface area contributed by atoms with E-state index >= 15 is 0 Å². The Balaban J connectivity index is 3.38. The van der Waals surface area contributed by atoms with Crippen molar-refractivity contribution in [2.45, 2.75) is 12.7 Å². The van der Waals surface area contributed by atoms with Crippen LogP contribution in [0.3, 0.4) is 0 Å². The minimum absolute atomic E-state index is 0.0246. The lowest BCUT2D eigenvalue weighted by molar-refractivity contribution is -0.138. The van der Waals surface area contributed by atoms with Crippen molar-refractivity contribution in [1.82, 2.24) is 0 Å². The van der Waals surface area contributed by atoms with Crippen LogP contribution in [0, 0.1) is 0 Å². The van der Waals surface area contributed by atoms with Crippen molar-refractivity contribution in [1.29, 1.82) is 0 Å². The van der Waals surface area contributed by atoms with Crippen LogP contribution in [0.1, 0.15) is 11.1 Å². The maximum atomic E-state index is 12.4. The van der Waals surface area contributed by atoms with E-state index in [1.54, 1.807) is 0 Å². The summed E-state index contributed by atoms with van der Waals surface area (Å²) in [6, 6.07) is 1.89. The summed E-state index contributed by atoms with van der Waals surface area (Å²) in [5.41, 5.74) is 3.86. The molecule has 6 heteroatoms. The van der Waals surface area contributed by atoms with E-state index in [4.69, 9.17) is 5.73 Å². The smallest absolute Gasteiger partial charge is 0.416 e. The van der Waals surface area contributed by atoms with Crippen molar-refractivity contribution in [2.75, 3.05) is 7.11 Å². The maximum Gasteiger partial charge on any atom is 0.416 e. The number of benzene rings is 1. The first-order chi connectivity index (χ1) is 6.91. The van der Waals surface area contributed by atoms with Crippen molar-refractivity contribution in [3.05, 3.63) is 23.3 Å². The Morgan fingerprint density at radius 3 is 2.40 bits per heavy atom. The second-order valence-electron chi connectivity index (χ2n) is 2.84. The summed E-state index contributed by atoms with van der Waals surface area (Å²) < 4.78 is 42.0. The molecule has 0 heterocycles. The Bertz CT molecular complexity index is 363. The molecule has 0 saturated carbocycles. The predicted octanol–water partition coefficient (Wildman–Crippen LogP) is 1.88. The van der Waals surface area contributed by atoms with Crippen molar-refractivity contribution < 1.29 is 23.0 Å². The van der Waals surface area contributed by atoms with Gasteiger partial charge in [0, 0.05) is 12.1 Å². The number of phenolic OH excluding ortho intramolecular Hbond substituents is 1. The summed E-state index contributed by atoms with van der Waals surface area (Å²) in [6.07, 6.45) is -4.53. The van der Waals surface area contributed by atoms with Gasteiger partial charge in [-0.1, -0.05) is 0 Å². The van der Waals surface area contributed by atoms with Crippen LogP contribution in [0.5, 0.6) is 11.5 Å². The molecule has 0 atom stereocenters. The summed E-state index contributed by atoms with van der Waals surface area (Å²) in [4.78, 5) is 0. The summed E-state index contributed by atoms with van der Waals surface area (Å²) in [5.74, 6) is -0.585. The third-order valence-corrected chi connectivity index (χ3v) is 1.98. The van der Waals surface area contributed by atoms with Crippen LogP contribution in [0.2, 0.25) is 0 Å². The lowest BCUT2D eigenvalue weighted by atomic mass is 10.1. The van der Waals surface area contributed by atoms with Gasteiger partial charge < -0.3 is 15.6 Å². The highest BCUT2D eigenvalue weighted by atomic mass is 19.4. The molecule has 84 valence electrons. The summed E-state index contributed by atoms with van der Waals surface area (Å²) in [5, 5.41) is 9.43. The minimum atomic E-state index is -4.53. The van der Waals surface area contributed by atoms with Crippen LogP contribution in [0.25, 0.3) is 0 Å². The molecule has 0 aliphatic heterocycles. The molecular weight excluding hydrogens is 211 g/mol. The van der Waals surface area contributed by atoms with Crippen LogP contribution in [-0.2, 0) is 12.7 Å². The van der Waals surface area contributed by atoms with E-state index in [0.717, 1.165) is 12.1 Å². The molecule has 0 amide bonds. The van der Waals surface area contributed by atoms with Gasteiger partial charge in [0.25, 0.3) is 0 Å². The van der Waals surface area contributed by atoms with Gasteiger partial charge in [-0.2, -0.15) is 13.2 Å². The largest absolute Gasteiger partial charge is 0.504 e. The first-order valence-electron chi connectivity index (χ1n) is 4.08. The maximum absolute atomic E-state index is 12.4. The average molecular weight is 221 g/mol. The van der Waals surface area contributed by atoms with Gasteiger partial charge in [-0.25, -0.2) is 0 Å². The highest BCUT2D eigenvalue weighted by molar-refractivity contribution is 5.50. The van der Waals surface area contributed by atoms with Gasteiger partial charge >= 0.3 is 6.18 Å². The standard InChI is InChI=1S/C9H10F3NO2/c1-15-7-3-2-6(9(10,11)12)5(4-13)8(7)14/h2-3,14H,4,13H2,1H3. The third-order valence-electron chi connectivity index (χ3n) is 1.98. The molecule has 0 aliphatic carbocycles. The highest BCUT2D eigenvalue weighted by Gasteiger charge is 2.34. The van der Waals surface area contributed by atoms with Crippen LogP contribution < -0.4 is 10.5 Å². The van der Waals surface area contributed by atoms with Crippen molar-refractivity contribution >= 4 is 0 Å². The summed E-state index contributed by atoms with van der Waals surface area (Å²) in [6.45, 7) is -0.405. The van der Waals surface area contributed by atoms with Gasteiger partial charge in [0.15, 0.2) is 11.5 Å². The molecule has 0 aliphatic rings. The number of rotatable bonds is 2. The molecule has 3 nitrogen and oxygen atoms in total. The number of methoxy groups -OCH3 is 1. The van der Waals surface area contributed by atoms with E-state index in [1.165, 1.54) is 7.11 Å². The Hall–Kier alpha value is -1.43. The SMILES string of the molecule is COc1ccc(C(F)(F)F)c(CN)c1O. The van der Waals surface area contributed by atoms with Crippen LogP contribution in [-0.4, -0.2) is 12.2 Å². The van der Waals surface area contributed by atoms with E-state index < -0.39 is 24.0 Å². The van der Waals surface area contributed by atoms with Crippen molar-refractivity contribution in [3.63, 3.8) is 0 Å². The highest BCUT2D eigenvalue weighted by Crippen LogP contribution is 2.39. The minimum Gasteiger partial charge on any atom is -0.504 e. The van der Waals surface area contributed by atoms with E-state index in [-0.39, 0.29) is 11.3 Å². The molecule has 1 rings (SSSR count). The fraction of sp³-hybridized carbons (Fsp3) is 0.333. The first kappa shape index (κ1) is 11.6. The van der Waals surface area contributed by atoms with E-state index in [9.17, 15) is 18.3 Å². The second kappa shape index (κ2) is 3.98. The zero-order chi connectivity index (χ0) is 11.6. The Morgan fingerprint density at radius 1 is 1.40 bits per heavy atom. The van der Waals surface area contributed by atoms with Crippen LogP contribution >= 0.6 is 0 Å². The topological polar surface area (TPSA) is 55.5 Å². The van der Waals surface area contributed by atoms with Crippen LogP contribution in [0.15, 0.2) is 12.1 Å². The quantitative estimate of drug-likeness (QED) is 0.801. The van der Waals surface area contributed by atoms with E-state index in [0.29, 0.717) is 0 Å². The molecule has 1 aromatic carbocycles. The average Bonchev–Trinajstić information content (AvgIpc) is 2.15. The Morgan fingerprint density at radius 2 is 2.00 bits per heavy atom. The molecule has 0 spiro atoms. The van der Waals surface area contributed by atoms with Crippen molar-refractivity contribution in [3.8, 4) is 11.5 Å².